The zero-order valence-electron chi connectivity index (χ0n) is 21.8. The quantitative estimate of drug-likeness (QED) is 0.410. The maximum absolute atomic E-state index is 13.5. The molecule has 2 fully saturated rings. The molecule has 37 heavy (non-hydrogen) atoms. The van der Waals surface area contributed by atoms with Crippen molar-refractivity contribution in [2.45, 2.75) is 32.1 Å². The first-order valence-corrected chi connectivity index (χ1v) is 14.2. The average molecular weight is 569 g/mol. The molecule has 0 spiro atoms. The molecule has 0 radical (unpaired) electrons. The van der Waals surface area contributed by atoms with Gasteiger partial charge in [-0.15, -0.1) is 0 Å². The first-order valence-electron chi connectivity index (χ1n) is 13.4. The molecule has 0 N–H and O–H groups in total. The van der Waals surface area contributed by atoms with Gasteiger partial charge in [0.2, 0.25) is 5.91 Å². The van der Waals surface area contributed by atoms with Crippen LogP contribution in [0.1, 0.15) is 48.0 Å². The van der Waals surface area contributed by atoms with E-state index in [1.165, 1.54) is 6.42 Å². The molecule has 1 saturated heterocycles. The van der Waals surface area contributed by atoms with E-state index in [-0.39, 0.29) is 17.7 Å². The Labute approximate surface area is 229 Å². The molecule has 1 saturated carbocycles. The Morgan fingerprint density at radius 2 is 1.70 bits per heavy atom. The van der Waals surface area contributed by atoms with Gasteiger partial charge < -0.3 is 14.5 Å². The van der Waals surface area contributed by atoms with E-state index in [4.69, 9.17) is 4.74 Å². The average Bonchev–Trinajstić information content (AvgIpc) is 2.95. The van der Waals surface area contributed by atoms with Crippen molar-refractivity contribution in [1.82, 2.24) is 14.7 Å². The van der Waals surface area contributed by atoms with Crippen LogP contribution in [0.15, 0.2) is 59.1 Å². The number of nitrogens with zero attached hydrogens (tertiary/aromatic N) is 3. The van der Waals surface area contributed by atoms with Crippen LogP contribution in [0, 0.1) is 5.92 Å². The summed E-state index contributed by atoms with van der Waals surface area (Å²) in [5.41, 5.74) is 1.74. The highest BCUT2D eigenvalue weighted by Crippen LogP contribution is 2.26. The van der Waals surface area contributed by atoms with Gasteiger partial charge in [-0.3, -0.25) is 14.5 Å². The molecule has 7 heteroatoms. The van der Waals surface area contributed by atoms with E-state index in [0.717, 1.165) is 66.7 Å². The Morgan fingerprint density at radius 1 is 1.00 bits per heavy atom. The highest BCUT2D eigenvalue weighted by Gasteiger charge is 2.27. The summed E-state index contributed by atoms with van der Waals surface area (Å²) >= 11 is 3.43. The number of amides is 2. The molecule has 1 aliphatic carbocycles. The van der Waals surface area contributed by atoms with Crippen molar-refractivity contribution in [2.75, 3.05) is 52.9 Å². The summed E-state index contributed by atoms with van der Waals surface area (Å²) in [6.45, 7) is 5.18. The molecular weight excluding hydrogens is 530 g/mol. The van der Waals surface area contributed by atoms with Crippen molar-refractivity contribution in [3.05, 3.63) is 70.2 Å². The number of benzene rings is 2. The number of methoxy groups -OCH3 is 1. The van der Waals surface area contributed by atoms with Crippen molar-refractivity contribution in [1.29, 1.82) is 0 Å². The van der Waals surface area contributed by atoms with Crippen molar-refractivity contribution in [2.24, 2.45) is 5.92 Å². The Bertz CT molecular complexity index is 1060. The Hall–Kier alpha value is -2.64. The predicted octanol–water partition coefficient (Wildman–Crippen LogP) is 5.34. The minimum absolute atomic E-state index is 0.0859. The standard InChI is InChI=1S/C30H38BrN3O3/c1-37-28-12-6-5-8-24(28)11-7-17-33(29(35)25-9-3-2-4-10-25)21-18-32-19-22-34(23-20-32)30(36)26-13-15-27(31)16-14-26/h5-8,11-16,25H,2-4,9-10,17-23H2,1H3. The molecule has 4 rings (SSSR count). The van der Waals surface area contributed by atoms with Crippen LogP contribution in [0.5, 0.6) is 5.75 Å². The Balaban J connectivity index is 1.33. The SMILES string of the molecule is COc1ccccc1C=CCN(CCN1CCN(C(=O)c2ccc(Br)cc2)CC1)C(=O)C1CCCCC1. The van der Waals surface area contributed by atoms with Crippen LogP contribution >= 0.6 is 15.9 Å². The van der Waals surface area contributed by atoms with Gasteiger partial charge in [-0.1, -0.05) is 65.5 Å². The minimum atomic E-state index is 0.0859. The van der Waals surface area contributed by atoms with E-state index >= 15 is 0 Å². The monoisotopic (exact) mass is 567 g/mol. The largest absolute Gasteiger partial charge is 0.496 e. The van der Waals surface area contributed by atoms with Crippen molar-refractivity contribution >= 4 is 33.8 Å². The maximum atomic E-state index is 13.5. The highest BCUT2D eigenvalue weighted by molar-refractivity contribution is 9.10. The van der Waals surface area contributed by atoms with E-state index in [9.17, 15) is 9.59 Å². The summed E-state index contributed by atoms with van der Waals surface area (Å²) in [7, 11) is 1.68. The van der Waals surface area contributed by atoms with E-state index in [1.807, 2.05) is 64.4 Å². The second-order valence-corrected chi connectivity index (χ2v) is 10.8. The summed E-state index contributed by atoms with van der Waals surface area (Å²) < 4.78 is 6.43. The second kappa shape index (κ2) is 13.8. The smallest absolute Gasteiger partial charge is 0.253 e. The molecule has 1 aliphatic heterocycles. The summed E-state index contributed by atoms with van der Waals surface area (Å²) in [4.78, 5) is 32.6. The number of ether oxygens (including phenoxy) is 1. The van der Waals surface area contributed by atoms with Gasteiger partial charge in [0.05, 0.1) is 7.11 Å². The van der Waals surface area contributed by atoms with E-state index in [1.54, 1.807) is 7.11 Å². The summed E-state index contributed by atoms with van der Waals surface area (Å²) in [5, 5.41) is 0. The van der Waals surface area contributed by atoms with E-state index in [2.05, 4.69) is 26.9 Å². The summed E-state index contributed by atoms with van der Waals surface area (Å²) in [6, 6.07) is 15.5. The molecule has 2 aromatic rings. The number of para-hydroxylation sites is 1. The number of carbonyl (C=O) groups excluding carboxylic acids is 2. The molecule has 6 nitrogen and oxygen atoms in total. The van der Waals surface area contributed by atoms with E-state index in [0.29, 0.717) is 26.2 Å². The molecule has 0 bridgehead atoms. The van der Waals surface area contributed by atoms with Crippen LogP contribution < -0.4 is 4.74 Å². The van der Waals surface area contributed by atoms with Crippen LogP contribution in [-0.4, -0.2) is 79.4 Å². The number of halogens is 1. The first kappa shape index (κ1) is 27.4. The summed E-state index contributed by atoms with van der Waals surface area (Å²) in [5.74, 6) is 1.35. The van der Waals surface area contributed by atoms with E-state index < -0.39 is 0 Å². The number of piperazine rings is 1. The Kier molecular flexibility index (Phi) is 10.2. The fraction of sp³-hybridized carbons (Fsp3) is 0.467. The van der Waals surface area contributed by atoms with Crippen LogP contribution in [-0.2, 0) is 4.79 Å². The Morgan fingerprint density at radius 3 is 2.41 bits per heavy atom. The third-order valence-corrected chi connectivity index (χ3v) is 7.99. The highest BCUT2D eigenvalue weighted by atomic mass is 79.9. The van der Waals surface area contributed by atoms with Gasteiger partial charge in [-0.2, -0.15) is 0 Å². The first-order chi connectivity index (χ1) is 18.0. The van der Waals surface area contributed by atoms with Crippen LogP contribution in [0.3, 0.4) is 0 Å². The zero-order chi connectivity index (χ0) is 26.0. The van der Waals surface area contributed by atoms with Crippen molar-refractivity contribution < 1.29 is 14.3 Å². The fourth-order valence-electron chi connectivity index (χ4n) is 5.22. The molecule has 0 aromatic heterocycles. The summed E-state index contributed by atoms with van der Waals surface area (Å²) in [6.07, 6.45) is 9.66. The van der Waals surface area contributed by atoms with Gasteiger partial charge in [0.1, 0.15) is 5.75 Å². The second-order valence-electron chi connectivity index (χ2n) is 9.90. The minimum Gasteiger partial charge on any atom is -0.496 e. The molecule has 1 heterocycles. The van der Waals surface area contributed by atoms with Crippen LogP contribution in [0.4, 0.5) is 0 Å². The molecule has 0 unspecified atom stereocenters. The topological polar surface area (TPSA) is 53.1 Å². The number of hydrogen-bond donors (Lipinski definition) is 0. The molecule has 0 atom stereocenters. The molecule has 2 amide bonds. The molecule has 198 valence electrons. The number of carbonyl (C=O) groups is 2. The lowest BCUT2D eigenvalue weighted by Crippen LogP contribution is -2.51. The molecule has 2 aliphatic rings. The van der Waals surface area contributed by atoms with Gasteiger partial charge >= 0.3 is 0 Å². The van der Waals surface area contributed by atoms with Gasteiger partial charge in [0, 0.05) is 67.3 Å². The molecule has 2 aromatic carbocycles. The van der Waals surface area contributed by atoms with Crippen molar-refractivity contribution in [3.63, 3.8) is 0 Å². The maximum Gasteiger partial charge on any atom is 0.253 e. The van der Waals surface area contributed by atoms with Gasteiger partial charge in [0.25, 0.3) is 5.91 Å². The van der Waals surface area contributed by atoms with Gasteiger partial charge in [0.15, 0.2) is 0 Å². The predicted molar refractivity (Wildman–Crippen MR) is 152 cm³/mol. The normalized spacial score (nSPS) is 17.2. The van der Waals surface area contributed by atoms with Crippen LogP contribution in [0.25, 0.3) is 6.08 Å². The van der Waals surface area contributed by atoms with Gasteiger partial charge in [-0.05, 0) is 43.2 Å². The van der Waals surface area contributed by atoms with Gasteiger partial charge in [-0.25, -0.2) is 0 Å². The fourth-order valence-corrected chi connectivity index (χ4v) is 5.49. The third kappa shape index (κ3) is 7.68. The lowest BCUT2D eigenvalue weighted by molar-refractivity contribution is -0.136. The number of hydrogen-bond acceptors (Lipinski definition) is 4. The zero-order valence-corrected chi connectivity index (χ0v) is 23.4. The third-order valence-electron chi connectivity index (χ3n) is 7.47. The number of rotatable bonds is 9. The van der Waals surface area contributed by atoms with Crippen molar-refractivity contribution in [3.8, 4) is 5.75 Å². The van der Waals surface area contributed by atoms with Crippen LogP contribution in [0.2, 0.25) is 0 Å². The molecular formula is C30H38BrN3O3. The lowest BCUT2D eigenvalue weighted by Gasteiger charge is -2.36. The lowest BCUT2D eigenvalue weighted by atomic mass is 9.88.